The molecule has 0 aliphatic carbocycles. The molecule has 0 aromatic heterocycles. The summed E-state index contributed by atoms with van der Waals surface area (Å²) < 4.78 is 16.3. The van der Waals surface area contributed by atoms with Crippen molar-refractivity contribution in [3.8, 4) is 0 Å². The number of hydrogen-bond donors (Lipinski definition) is 2. The van der Waals surface area contributed by atoms with Crippen LogP contribution in [0.1, 0.15) is 48.5 Å². The quantitative estimate of drug-likeness (QED) is 0.721. The number of hydrogen-bond acceptors (Lipinski definition) is 6. The fourth-order valence-electron chi connectivity index (χ4n) is 2.46. The molecular weight excluding hydrogens is 300 g/mol. The number of carbonyl (C=O) groups excluding carboxylic acids is 1. The molecule has 6 heteroatoms. The maximum atomic E-state index is 11.8. The van der Waals surface area contributed by atoms with Crippen LogP contribution in [0.2, 0.25) is 0 Å². The van der Waals surface area contributed by atoms with E-state index in [-0.39, 0.29) is 18.5 Å². The van der Waals surface area contributed by atoms with Crippen molar-refractivity contribution in [2.45, 2.75) is 72.6 Å². The summed E-state index contributed by atoms with van der Waals surface area (Å²) >= 11 is 0. The van der Waals surface area contributed by atoms with E-state index in [1.54, 1.807) is 48.5 Å². The predicted molar refractivity (Wildman–Crippen MR) is 85.7 cm³/mol. The van der Waals surface area contributed by atoms with Crippen LogP contribution in [0.4, 0.5) is 0 Å². The maximum Gasteiger partial charge on any atom is 0.311 e. The maximum absolute atomic E-state index is 11.8. The molecule has 23 heavy (non-hydrogen) atoms. The third-order valence-electron chi connectivity index (χ3n) is 4.16. The van der Waals surface area contributed by atoms with Crippen LogP contribution in [0.25, 0.3) is 0 Å². The molecule has 1 saturated heterocycles. The molecule has 1 heterocycles. The number of aliphatic hydroxyl groups is 2. The van der Waals surface area contributed by atoms with Gasteiger partial charge in [-0.05, 0) is 34.6 Å². The zero-order valence-corrected chi connectivity index (χ0v) is 15.3. The lowest BCUT2D eigenvalue weighted by atomic mass is 9.87. The van der Waals surface area contributed by atoms with Gasteiger partial charge in [0.15, 0.2) is 5.79 Å². The van der Waals surface area contributed by atoms with Gasteiger partial charge in [0.25, 0.3) is 0 Å². The van der Waals surface area contributed by atoms with Crippen molar-refractivity contribution in [3.63, 3.8) is 0 Å². The molecular formula is C17H32O6. The third kappa shape index (κ3) is 5.71. The molecule has 5 atom stereocenters. The van der Waals surface area contributed by atoms with Crippen LogP contribution in [0.15, 0.2) is 0 Å². The van der Waals surface area contributed by atoms with Crippen LogP contribution >= 0.6 is 0 Å². The Balaban J connectivity index is 2.52. The average molecular weight is 332 g/mol. The second kappa shape index (κ2) is 7.47. The largest absolute Gasteiger partial charge is 0.465 e. The van der Waals surface area contributed by atoms with Crippen molar-refractivity contribution in [2.24, 2.45) is 17.3 Å². The van der Waals surface area contributed by atoms with Crippen molar-refractivity contribution >= 4 is 5.97 Å². The topological polar surface area (TPSA) is 85.2 Å². The van der Waals surface area contributed by atoms with E-state index in [2.05, 4.69) is 0 Å². The molecule has 0 unspecified atom stereocenters. The van der Waals surface area contributed by atoms with Crippen LogP contribution in [0.3, 0.4) is 0 Å². The standard InChI is InChI=1S/C17H32O6/c1-10(8-21-15(20)16(3,4)5)13(18)11(2)14(19)12-9-22-17(6,7)23-12/h10-14,18-19H,8-9H2,1-7H3/t10-,11+,12-,13-,14+/m1/s1. The van der Waals surface area contributed by atoms with Gasteiger partial charge in [0.1, 0.15) is 6.10 Å². The van der Waals surface area contributed by atoms with E-state index in [4.69, 9.17) is 14.2 Å². The molecule has 0 spiro atoms. The molecule has 1 fully saturated rings. The first-order chi connectivity index (χ1) is 10.3. The normalized spacial score (nSPS) is 26.4. The fraction of sp³-hybridized carbons (Fsp3) is 0.941. The molecule has 6 nitrogen and oxygen atoms in total. The minimum atomic E-state index is -0.854. The highest BCUT2D eigenvalue weighted by molar-refractivity contribution is 5.75. The second-order valence-corrected chi connectivity index (χ2v) is 8.03. The number of ether oxygens (including phenoxy) is 3. The Labute approximate surface area is 139 Å². The van der Waals surface area contributed by atoms with Crippen LogP contribution in [-0.2, 0) is 19.0 Å². The Kier molecular flexibility index (Phi) is 6.61. The Morgan fingerprint density at radius 2 is 1.87 bits per heavy atom. The summed E-state index contributed by atoms with van der Waals surface area (Å²) in [5, 5.41) is 20.8. The van der Waals surface area contributed by atoms with Crippen molar-refractivity contribution in [1.82, 2.24) is 0 Å². The first-order valence-corrected chi connectivity index (χ1v) is 8.20. The third-order valence-corrected chi connectivity index (χ3v) is 4.16. The van der Waals surface area contributed by atoms with Gasteiger partial charge in [0.2, 0.25) is 0 Å². The van der Waals surface area contributed by atoms with Crippen LogP contribution in [0.5, 0.6) is 0 Å². The van der Waals surface area contributed by atoms with E-state index in [1.807, 2.05) is 0 Å². The molecule has 1 aliphatic rings. The van der Waals surface area contributed by atoms with E-state index >= 15 is 0 Å². The van der Waals surface area contributed by atoms with E-state index in [0.717, 1.165) is 0 Å². The van der Waals surface area contributed by atoms with Crippen LogP contribution in [-0.4, -0.2) is 53.5 Å². The number of rotatable bonds is 6. The number of carbonyl (C=O) groups is 1. The Morgan fingerprint density at radius 1 is 1.30 bits per heavy atom. The van der Waals surface area contributed by atoms with Crippen molar-refractivity contribution in [3.05, 3.63) is 0 Å². The molecule has 1 rings (SSSR count). The van der Waals surface area contributed by atoms with Gasteiger partial charge in [-0.2, -0.15) is 0 Å². The summed E-state index contributed by atoms with van der Waals surface area (Å²) in [6, 6.07) is 0. The Morgan fingerprint density at radius 3 is 2.30 bits per heavy atom. The lowest BCUT2D eigenvalue weighted by molar-refractivity contribution is -0.163. The van der Waals surface area contributed by atoms with Gasteiger partial charge in [-0.1, -0.05) is 13.8 Å². The molecule has 0 aromatic carbocycles. The molecule has 136 valence electrons. The summed E-state index contributed by atoms with van der Waals surface area (Å²) in [4.78, 5) is 11.8. The van der Waals surface area contributed by atoms with Crippen molar-refractivity contribution in [2.75, 3.05) is 13.2 Å². The van der Waals surface area contributed by atoms with Crippen LogP contribution < -0.4 is 0 Å². The monoisotopic (exact) mass is 332 g/mol. The highest BCUT2D eigenvalue weighted by Crippen LogP contribution is 2.29. The molecule has 2 N–H and O–H groups in total. The molecule has 1 aliphatic heterocycles. The zero-order valence-electron chi connectivity index (χ0n) is 15.3. The molecule has 0 saturated carbocycles. The minimum absolute atomic E-state index is 0.113. The average Bonchev–Trinajstić information content (AvgIpc) is 2.80. The Hall–Kier alpha value is -0.690. The Bertz CT molecular complexity index is 400. The number of esters is 1. The SMILES string of the molecule is C[C@@H]([C@H](O)[C@H](C)COC(=O)C(C)(C)C)[C@H](O)[C@H]1COC(C)(C)O1. The van der Waals surface area contributed by atoms with Crippen LogP contribution in [0, 0.1) is 17.3 Å². The van der Waals surface area contributed by atoms with Crippen molar-refractivity contribution in [1.29, 1.82) is 0 Å². The highest BCUT2D eigenvalue weighted by Gasteiger charge is 2.41. The smallest absolute Gasteiger partial charge is 0.311 e. The first-order valence-electron chi connectivity index (χ1n) is 8.20. The second-order valence-electron chi connectivity index (χ2n) is 8.03. The minimum Gasteiger partial charge on any atom is -0.465 e. The van der Waals surface area contributed by atoms with Gasteiger partial charge < -0.3 is 24.4 Å². The summed E-state index contributed by atoms with van der Waals surface area (Å²) in [6.07, 6.45) is -2.14. The zero-order chi connectivity index (χ0) is 18.0. The predicted octanol–water partition coefficient (Wildman–Crippen LogP) is 1.72. The van der Waals surface area contributed by atoms with Gasteiger partial charge >= 0.3 is 5.97 Å². The van der Waals surface area contributed by atoms with Gasteiger partial charge in [-0.25, -0.2) is 0 Å². The van der Waals surface area contributed by atoms with Gasteiger partial charge in [-0.3, -0.25) is 4.79 Å². The van der Waals surface area contributed by atoms with Gasteiger partial charge in [0.05, 0.1) is 30.8 Å². The molecule has 0 radical (unpaired) electrons. The summed E-state index contributed by atoms with van der Waals surface area (Å²) in [5.41, 5.74) is -0.573. The van der Waals surface area contributed by atoms with Gasteiger partial charge in [0, 0.05) is 11.8 Å². The summed E-state index contributed by atoms with van der Waals surface area (Å²) in [7, 11) is 0. The summed E-state index contributed by atoms with van der Waals surface area (Å²) in [5.74, 6) is -1.74. The summed E-state index contributed by atoms with van der Waals surface area (Å²) in [6.45, 7) is 12.9. The number of aliphatic hydroxyl groups excluding tert-OH is 2. The molecule has 0 amide bonds. The van der Waals surface area contributed by atoms with E-state index < -0.39 is 35.4 Å². The highest BCUT2D eigenvalue weighted by atomic mass is 16.7. The molecule has 0 bridgehead atoms. The van der Waals surface area contributed by atoms with Gasteiger partial charge in [-0.15, -0.1) is 0 Å². The molecule has 0 aromatic rings. The first kappa shape index (κ1) is 20.4. The van der Waals surface area contributed by atoms with E-state index in [0.29, 0.717) is 6.61 Å². The van der Waals surface area contributed by atoms with Crippen molar-refractivity contribution < 1.29 is 29.2 Å². The lowest BCUT2D eigenvalue weighted by Crippen LogP contribution is -2.43. The fourth-order valence-corrected chi connectivity index (χ4v) is 2.46. The lowest BCUT2D eigenvalue weighted by Gasteiger charge is -2.31. The van der Waals surface area contributed by atoms with E-state index in [1.165, 1.54) is 0 Å². The van der Waals surface area contributed by atoms with E-state index in [9.17, 15) is 15.0 Å².